The van der Waals surface area contributed by atoms with Crippen molar-refractivity contribution in [1.29, 1.82) is 4.78 Å². The fourth-order valence-electron chi connectivity index (χ4n) is 6.44. The van der Waals surface area contributed by atoms with Gasteiger partial charge in [-0.05, 0) is 91.8 Å². The monoisotopic (exact) mass is 636 g/mol. The summed E-state index contributed by atoms with van der Waals surface area (Å²) in [7, 11) is -7.05. The summed E-state index contributed by atoms with van der Waals surface area (Å²) in [6.07, 6.45) is -1.36. The highest BCUT2D eigenvalue weighted by atomic mass is 32.2. The number of fused-ring (bicyclic) bond motifs is 2. The highest BCUT2D eigenvalue weighted by molar-refractivity contribution is 7.93. The first kappa shape index (κ1) is 29.5. The molecular formula is C29H28F4N4O4S2. The number of aromatic nitrogens is 1. The number of nitrogens with one attached hydrogen (secondary N) is 2. The molecule has 2 fully saturated rings. The lowest BCUT2D eigenvalue weighted by atomic mass is 9.70. The number of nitrogens with zero attached hydrogens (tertiary/aromatic N) is 2. The van der Waals surface area contributed by atoms with Gasteiger partial charge in [0.05, 0.1) is 34.4 Å². The van der Waals surface area contributed by atoms with Crippen LogP contribution < -0.4 is 9.62 Å². The predicted octanol–water partition coefficient (Wildman–Crippen LogP) is 5.24. The summed E-state index contributed by atoms with van der Waals surface area (Å²) in [6.45, 7) is -0.479. The standard InChI is InChI=1S/C29H28F4N4O4S2/c30-20-6-8-21(9-7-20)43(40,41)37-25-10-5-19(27(38)36-17-24-22(29(31,32)33)2-1-13-35-24)16-23(25)28(26(37)18-3-4-18)11-14-42(34,39)15-12-28/h1-2,5-10,13,16,18,26,34H,3-4,11-12,14-15,17H2,(H,36,38). The van der Waals surface area contributed by atoms with Crippen molar-refractivity contribution in [2.45, 2.75) is 54.8 Å². The predicted molar refractivity (Wildman–Crippen MR) is 151 cm³/mol. The zero-order chi connectivity index (χ0) is 30.8. The van der Waals surface area contributed by atoms with Gasteiger partial charge in [-0.25, -0.2) is 17.0 Å². The van der Waals surface area contributed by atoms with Gasteiger partial charge in [0.2, 0.25) is 0 Å². The smallest absolute Gasteiger partial charge is 0.346 e. The van der Waals surface area contributed by atoms with Crippen LogP contribution in [0.15, 0.2) is 65.7 Å². The average molecular weight is 637 g/mol. The van der Waals surface area contributed by atoms with Crippen LogP contribution in [0.4, 0.5) is 23.2 Å². The number of sulfonamides is 1. The lowest BCUT2D eigenvalue weighted by Crippen LogP contribution is -2.52. The number of hydrogen-bond donors (Lipinski definition) is 2. The number of carbonyl (C=O) groups is 1. The summed E-state index contributed by atoms with van der Waals surface area (Å²) in [5.41, 5.74) is -1.10. The Labute approximate surface area is 246 Å². The van der Waals surface area contributed by atoms with Crippen LogP contribution in [-0.4, -0.2) is 41.1 Å². The van der Waals surface area contributed by atoms with Gasteiger partial charge in [0.1, 0.15) is 5.82 Å². The largest absolute Gasteiger partial charge is 0.418 e. The molecule has 1 atom stereocenters. The van der Waals surface area contributed by atoms with E-state index in [2.05, 4.69) is 10.3 Å². The third-order valence-corrected chi connectivity index (χ3v) is 12.2. The molecule has 228 valence electrons. The summed E-state index contributed by atoms with van der Waals surface area (Å²) < 4.78 is 104. The van der Waals surface area contributed by atoms with Gasteiger partial charge in [-0.2, -0.15) is 13.2 Å². The molecule has 3 heterocycles. The number of hydrogen-bond acceptors (Lipinski definition) is 6. The zero-order valence-corrected chi connectivity index (χ0v) is 24.4. The molecule has 1 aromatic heterocycles. The van der Waals surface area contributed by atoms with E-state index >= 15 is 0 Å². The number of benzene rings is 2. The molecule has 0 radical (unpaired) electrons. The molecule has 6 rings (SSSR count). The Morgan fingerprint density at radius 1 is 1.09 bits per heavy atom. The van der Waals surface area contributed by atoms with E-state index in [0.717, 1.165) is 37.1 Å². The molecule has 0 bridgehead atoms. The van der Waals surface area contributed by atoms with Crippen LogP contribution in [-0.2, 0) is 37.9 Å². The maximum atomic E-state index is 14.1. The van der Waals surface area contributed by atoms with Crippen LogP contribution in [0.25, 0.3) is 0 Å². The Bertz CT molecular complexity index is 1790. The highest BCUT2D eigenvalue weighted by Gasteiger charge is 2.60. The van der Waals surface area contributed by atoms with E-state index in [0.29, 0.717) is 11.3 Å². The molecule has 2 N–H and O–H groups in total. The lowest BCUT2D eigenvalue weighted by molar-refractivity contribution is -0.138. The van der Waals surface area contributed by atoms with Gasteiger partial charge in [0.25, 0.3) is 15.9 Å². The van der Waals surface area contributed by atoms with Crippen molar-refractivity contribution in [3.63, 3.8) is 0 Å². The molecule has 43 heavy (non-hydrogen) atoms. The van der Waals surface area contributed by atoms with E-state index in [1.165, 1.54) is 34.8 Å². The van der Waals surface area contributed by atoms with E-state index in [-0.39, 0.29) is 46.4 Å². The van der Waals surface area contributed by atoms with Crippen molar-refractivity contribution >= 4 is 31.3 Å². The third-order valence-electron chi connectivity index (χ3n) is 8.66. The van der Waals surface area contributed by atoms with Crippen LogP contribution in [0.5, 0.6) is 0 Å². The minimum Gasteiger partial charge on any atom is -0.346 e. The quantitative estimate of drug-likeness (QED) is 0.359. The molecule has 1 saturated heterocycles. The maximum Gasteiger partial charge on any atom is 0.418 e. The van der Waals surface area contributed by atoms with Gasteiger partial charge in [-0.15, -0.1) is 0 Å². The number of carbonyl (C=O) groups excluding carboxylic acids is 1. The zero-order valence-electron chi connectivity index (χ0n) is 22.7. The summed E-state index contributed by atoms with van der Waals surface area (Å²) in [6, 6.07) is 10.5. The van der Waals surface area contributed by atoms with Crippen LogP contribution in [0.2, 0.25) is 0 Å². The number of amides is 1. The molecule has 3 aliphatic rings. The molecule has 2 aliphatic heterocycles. The fraction of sp³-hybridized carbons (Fsp3) is 0.379. The molecule has 14 heteroatoms. The molecule has 1 amide bonds. The van der Waals surface area contributed by atoms with E-state index in [4.69, 9.17) is 4.78 Å². The van der Waals surface area contributed by atoms with Gasteiger partial charge in [0.15, 0.2) is 0 Å². The van der Waals surface area contributed by atoms with Gasteiger partial charge >= 0.3 is 6.18 Å². The van der Waals surface area contributed by atoms with Gasteiger partial charge in [0, 0.05) is 38.4 Å². The molecular weight excluding hydrogens is 608 g/mol. The molecule has 2 aromatic carbocycles. The second kappa shape index (κ2) is 10.3. The molecule has 3 aromatic rings. The minimum atomic E-state index is -4.65. The number of halogens is 4. The molecule has 1 aliphatic carbocycles. The molecule has 1 spiro atoms. The SMILES string of the molecule is N=S1(=O)CCC2(CC1)c1cc(C(=O)NCc3ncccc3C(F)(F)F)ccc1N(S(=O)(=O)c1ccc(F)cc1)C2C1CC1. The van der Waals surface area contributed by atoms with E-state index < -0.39 is 61.2 Å². The van der Waals surface area contributed by atoms with Crippen LogP contribution in [0, 0.1) is 16.5 Å². The number of pyridine rings is 1. The highest BCUT2D eigenvalue weighted by Crippen LogP contribution is 2.59. The van der Waals surface area contributed by atoms with E-state index in [9.17, 15) is 35.0 Å². The Hall–Kier alpha value is -3.52. The Kier molecular flexibility index (Phi) is 7.07. The van der Waals surface area contributed by atoms with Gasteiger partial charge in [-0.1, -0.05) is 0 Å². The van der Waals surface area contributed by atoms with E-state index in [1.807, 2.05) is 0 Å². The summed E-state index contributed by atoms with van der Waals surface area (Å²) in [4.78, 5) is 16.9. The number of anilines is 1. The Morgan fingerprint density at radius 3 is 2.40 bits per heavy atom. The van der Waals surface area contributed by atoms with Crippen molar-refractivity contribution in [3.05, 3.63) is 89.0 Å². The Balaban J connectivity index is 1.41. The normalized spacial score (nSPS) is 25.5. The second-order valence-electron chi connectivity index (χ2n) is 11.3. The first-order chi connectivity index (χ1) is 20.2. The molecule has 8 nitrogen and oxygen atoms in total. The summed E-state index contributed by atoms with van der Waals surface area (Å²) in [5.74, 6) is -1.13. The average Bonchev–Trinajstić information content (AvgIpc) is 3.76. The third kappa shape index (κ3) is 5.28. The summed E-state index contributed by atoms with van der Waals surface area (Å²) in [5, 5.41) is 2.50. The van der Waals surface area contributed by atoms with Gasteiger partial charge in [-0.3, -0.25) is 18.9 Å². The van der Waals surface area contributed by atoms with Crippen LogP contribution in [0.3, 0.4) is 0 Å². The van der Waals surface area contributed by atoms with Gasteiger partial charge < -0.3 is 5.32 Å². The number of alkyl halides is 3. The molecule has 1 saturated carbocycles. The van der Waals surface area contributed by atoms with Crippen LogP contribution in [0.1, 0.15) is 52.9 Å². The topological polar surface area (TPSA) is 120 Å². The van der Waals surface area contributed by atoms with E-state index in [1.54, 1.807) is 6.07 Å². The first-order valence-corrected chi connectivity index (χ1v) is 17.0. The van der Waals surface area contributed by atoms with Crippen molar-refractivity contribution in [2.24, 2.45) is 5.92 Å². The lowest BCUT2D eigenvalue weighted by Gasteiger charge is -2.42. The van der Waals surface area contributed by atoms with Crippen molar-refractivity contribution in [1.82, 2.24) is 10.3 Å². The second-order valence-corrected chi connectivity index (χ2v) is 15.6. The Morgan fingerprint density at radius 2 is 1.77 bits per heavy atom. The van der Waals surface area contributed by atoms with Crippen molar-refractivity contribution < 1.29 is 35.0 Å². The fourth-order valence-corrected chi connectivity index (χ4v) is 9.84. The number of rotatable bonds is 6. The maximum absolute atomic E-state index is 14.1. The summed E-state index contributed by atoms with van der Waals surface area (Å²) >= 11 is 0. The van der Waals surface area contributed by atoms with Crippen LogP contribution >= 0.6 is 0 Å². The van der Waals surface area contributed by atoms with Crippen molar-refractivity contribution in [3.8, 4) is 0 Å². The molecule has 1 unspecified atom stereocenters. The minimum absolute atomic E-state index is 0.00951. The van der Waals surface area contributed by atoms with Crippen molar-refractivity contribution in [2.75, 3.05) is 15.8 Å². The first-order valence-electron chi connectivity index (χ1n) is 13.7.